The summed E-state index contributed by atoms with van der Waals surface area (Å²) in [4.78, 5) is 9.13. The molecule has 1 N–H and O–H groups in total. The topological polar surface area (TPSA) is 89.8 Å². The lowest BCUT2D eigenvalue weighted by Gasteiger charge is -2.21. The molecule has 0 atom stereocenters. The number of hydrogen-bond donors (Lipinski definition) is 1. The van der Waals surface area contributed by atoms with E-state index in [4.69, 9.17) is 0 Å². The van der Waals surface area contributed by atoms with E-state index < -0.39 is 9.84 Å². The maximum atomic E-state index is 11.6. The average Bonchev–Trinajstić information content (AvgIpc) is 3.07. The molecule has 136 valence electrons. The number of hydrogen-bond acceptors (Lipinski definition) is 7. The van der Waals surface area contributed by atoms with Crippen LogP contribution in [0.5, 0.6) is 0 Å². The zero-order valence-corrected chi connectivity index (χ0v) is 15.9. The first kappa shape index (κ1) is 17.4. The van der Waals surface area contributed by atoms with Crippen LogP contribution in [0.1, 0.15) is 12.8 Å². The van der Waals surface area contributed by atoms with Crippen molar-refractivity contribution in [1.82, 2.24) is 25.1 Å². The molecule has 0 unspecified atom stereocenters. The number of thioether (sulfide) groups is 1. The molecular weight excluding hydrogens is 370 g/mol. The van der Waals surface area contributed by atoms with Gasteiger partial charge < -0.3 is 5.32 Å². The lowest BCUT2D eigenvalue weighted by Crippen LogP contribution is -2.29. The second kappa shape index (κ2) is 6.98. The molecule has 7 nitrogen and oxygen atoms in total. The molecule has 9 heteroatoms. The van der Waals surface area contributed by atoms with Crippen molar-refractivity contribution in [3.05, 3.63) is 36.8 Å². The third-order valence-electron chi connectivity index (χ3n) is 4.40. The summed E-state index contributed by atoms with van der Waals surface area (Å²) in [5.74, 6) is 0. The number of sulfone groups is 1. The van der Waals surface area contributed by atoms with Crippen LogP contribution in [0.3, 0.4) is 0 Å². The van der Waals surface area contributed by atoms with Gasteiger partial charge in [0.25, 0.3) is 0 Å². The van der Waals surface area contributed by atoms with Crippen LogP contribution in [-0.4, -0.2) is 52.8 Å². The van der Waals surface area contributed by atoms with Crippen molar-refractivity contribution in [3.63, 3.8) is 0 Å². The Kier molecular flexibility index (Phi) is 4.68. The maximum Gasteiger partial charge on any atom is 0.175 e. The summed E-state index contributed by atoms with van der Waals surface area (Å²) in [6.45, 7) is 2.08. The largest absolute Gasteiger partial charge is 0.317 e. The second-order valence-electron chi connectivity index (χ2n) is 6.31. The normalized spacial score (nSPS) is 16.2. The van der Waals surface area contributed by atoms with Crippen LogP contribution < -0.4 is 5.32 Å². The lowest BCUT2D eigenvalue weighted by atomic mass is 10.2. The summed E-state index contributed by atoms with van der Waals surface area (Å²) >= 11 is 1.78. The van der Waals surface area contributed by atoms with Gasteiger partial charge in [0.05, 0.1) is 22.2 Å². The Labute approximate surface area is 156 Å². The van der Waals surface area contributed by atoms with Crippen molar-refractivity contribution in [1.29, 1.82) is 0 Å². The van der Waals surface area contributed by atoms with Crippen molar-refractivity contribution in [3.8, 4) is 5.69 Å². The van der Waals surface area contributed by atoms with Gasteiger partial charge in [-0.15, -0.1) is 11.8 Å². The third-order valence-corrected chi connectivity index (χ3v) is 6.88. The number of aromatic nitrogens is 4. The van der Waals surface area contributed by atoms with Gasteiger partial charge in [-0.1, -0.05) is 0 Å². The van der Waals surface area contributed by atoms with Crippen LogP contribution in [-0.2, 0) is 9.84 Å². The Balaban J connectivity index is 1.68. The molecule has 1 aliphatic rings. The molecule has 26 heavy (non-hydrogen) atoms. The first-order valence-corrected chi connectivity index (χ1v) is 11.2. The minimum absolute atomic E-state index is 0.287. The van der Waals surface area contributed by atoms with Crippen LogP contribution >= 0.6 is 11.8 Å². The average molecular weight is 390 g/mol. The number of fused-ring (bicyclic) bond motifs is 1. The molecule has 4 rings (SSSR count). The van der Waals surface area contributed by atoms with Gasteiger partial charge in [0.15, 0.2) is 15.5 Å². The van der Waals surface area contributed by atoms with Crippen LogP contribution in [0.25, 0.3) is 16.7 Å². The highest BCUT2D eigenvalue weighted by atomic mass is 32.2. The van der Waals surface area contributed by atoms with E-state index in [1.165, 1.54) is 6.26 Å². The Morgan fingerprint density at radius 2 is 1.88 bits per heavy atom. The van der Waals surface area contributed by atoms with E-state index in [0.717, 1.165) is 47.7 Å². The summed E-state index contributed by atoms with van der Waals surface area (Å²) in [7, 11) is -3.22. The molecule has 0 amide bonds. The van der Waals surface area contributed by atoms with Crippen molar-refractivity contribution in [2.24, 2.45) is 0 Å². The van der Waals surface area contributed by atoms with Crippen molar-refractivity contribution >= 4 is 32.6 Å². The predicted octanol–water partition coefficient (Wildman–Crippen LogP) is 2.06. The Morgan fingerprint density at radius 1 is 1.15 bits per heavy atom. The quantitative estimate of drug-likeness (QED) is 0.683. The second-order valence-corrected chi connectivity index (χ2v) is 9.61. The van der Waals surface area contributed by atoms with Crippen LogP contribution in [0.4, 0.5) is 0 Å². The standard InChI is InChI=1S/C17H19N5O2S2/c1-26(23,24)14-4-2-12(3-5-14)22-16-15(10-21-22)17(20-11-19-16)25-13-6-8-18-9-7-13/h2-5,10-11,13,18H,6-9H2,1H3. The monoisotopic (exact) mass is 389 g/mol. The van der Waals surface area contributed by atoms with Gasteiger partial charge in [-0.25, -0.2) is 23.1 Å². The molecule has 0 radical (unpaired) electrons. The van der Waals surface area contributed by atoms with E-state index in [1.54, 1.807) is 53.2 Å². The van der Waals surface area contributed by atoms with Crippen LogP contribution in [0.2, 0.25) is 0 Å². The molecule has 3 heterocycles. The minimum Gasteiger partial charge on any atom is -0.317 e. The van der Waals surface area contributed by atoms with Crippen molar-refractivity contribution < 1.29 is 8.42 Å². The SMILES string of the molecule is CS(=O)(=O)c1ccc(-n2ncc3c(SC4CCNCC4)ncnc32)cc1. The summed E-state index contributed by atoms with van der Waals surface area (Å²) in [5, 5.41) is 10.2. The highest BCUT2D eigenvalue weighted by molar-refractivity contribution is 8.00. The highest BCUT2D eigenvalue weighted by Crippen LogP contribution is 2.32. The molecule has 2 aromatic heterocycles. The first-order valence-electron chi connectivity index (χ1n) is 8.39. The smallest absolute Gasteiger partial charge is 0.175 e. The van der Waals surface area contributed by atoms with E-state index in [9.17, 15) is 8.42 Å². The predicted molar refractivity (Wildman–Crippen MR) is 102 cm³/mol. The van der Waals surface area contributed by atoms with Crippen LogP contribution in [0, 0.1) is 0 Å². The Morgan fingerprint density at radius 3 is 2.58 bits per heavy atom. The first-order chi connectivity index (χ1) is 12.5. The van der Waals surface area contributed by atoms with E-state index in [1.807, 2.05) is 0 Å². The molecule has 0 bridgehead atoms. The highest BCUT2D eigenvalue weighted by Gasteiger charge is 2.18. The minimum atomic E-state index is -3.22. The summed E-state index contributed by atoms with van der Waals surface area (Å²) in [5.41, 5.74) is 1.49. The van der Waals surface area contributed by atoms with E-state index in [2.05, 4.69) is 20.4 Å². The fraction of sp³-hybridized carbons (Fsp3) is 0.353. The van der Waals surface area contributed by atoms with Crippen molar-refractivity contribution in [2.75, 3.05) is 19.3 Å². The van der Waals surface area contributed by atoms with Gasteiger partial charge in [0.1, 0.15) is 11.4 Å². The summed E-state index contributed by atoms with van der Waals surface area (Å²) in [6.07, 6.45) is 6.79. The van der Waals surface area contributed by atoms with Gasteiger partial charge in [0.2, 0.25) is 0 Å². The summed E-state index contributed by atoms with van der Waals surface area (Å²) in [6, 6.07) is 6.66. The Bertz CT molecular complexity index is 1020. The van der Waals surface area contributed by atoms with Gasteiger partial charge >= 0.3 is 0 Å². The third kappa shape index (κ3) is 3.46. The lowest BCUT2D eigenvalue weighted by molar-refractivity contribution is 0.531. The number of piperidine rings is 1. The maximum absolute atomic E-state index is 11.6. The molecule has 0 saturated carbocycles. The van der Waals surface area contributed by atoms with E-state index in [0.29, 0.717) is 5.25 Å². The van der Waals surface area contributed by atoms with E-state index in [-0.39, 0.29) is 4.90 Å². The molecule has 1 aliphatic heterocycles. The summed E-state index contributed by atoms with van der Waals surface area (Å²) < 4.78 is 25.0. The Hall–Kier alpha value is -1.97. The van der Waals surface area contributed by atoms with Gasteiger partial charge in [-0.05, 0) is 50.2 Å². The van der Waals surface area contributed by atoms with Gasteiger partial charge in [0, 0.05) is 11.5 Å². The molecular formula is C17H19N5O2S2. The molecule has 3 aromatic rings. The zero-order chi connectivity index (χ0) is 18.1. The molecule has 0 spiro atoms. The number of nitrogens with one attached hydrogen (secondary N) is 1. The molecule has 1 fully saturated rings. The number of rotatable bonds is 4. The van der Waals surface area contributed by atoms with E-state index >= 15 is 0 Å². The molecule has 1 saturated heterocycles. The van der Waals surface area contributed by atoms with Gasteiger partial charge in [-0.3, -0.25) is 0 Å². The zero-order valence-electron chi connectivity index (χ0n) is 14.3. The fourth-order valence-electron chi connectivity index (χ4n) is 3.01. The molecule has 1 aromatic carbocycles. The van der Waals surface area contributed by atoms with Gasteiger partial charge in [-0.2, -0.15) is 5.10 Å². The fourth-order valence-corrected chi connectivity index (χ4v) is 4.81. The molecule has 0 aliphatic carbocycles. The van der Waals surface area contributed by atoms with Crippen molar-refractivity contribution in [2.45, 2.75) is 28.0 Å². The number of benzene rings is 1. The van der Waals surface area contributed by atoms with Crippen LogP contribution in [0.15, 0.2) is 46.7 Å². The number of nitrogens with zero attached hydrogens (tertiary/aromatic N) is 4.